The van der Waals surface area contributed by atoms with Crippen molar-refractivity contribution >= 4 is 17.6 Å². The Morgan fingerprint density at radius 3 is 2.81 bits per heavy atom. The standard InChI is InChI=1S/C11H13ClN2O2/c1-6-3-2-4-7(6)10-13-8(11(15)16)5-9(12)14-10/h5-7H,2-4H2,1H3,(H,15,16). The van der Waals surface area contributed by atoms with Gasteiger partial charge in [0.15, 0.2) is 5.69 Å². The van der Waals surface area contributed by atoms with Crippen molar-refractivity contribution in [1.82, 2.24) is 9.97 Å². The molecule has 2 rings (SSSR count). The summed E-state index contributed by atoms with van der Waals surface area (Å²) in [6.07, 6.45) is 3.30. The van der Waals surface area contributed by atoms with E-state index in [1.165, 1.54) is 6.07 Å². The number of aromatic carboxylic acids is 1. The highest BCUT2D eigenvalue weighted by Crippen LogP contribution is 2.37. The third-order valence-corrected chi connectivity index (χ3v) is 3.32. The Morgan fingerprint density at radius 1 is 1.50 bits per heavy atom. The molecule has 0 saturated heterocycles. The fraction of sp³-hybridized carbons (Fsp3) is 0.545. The van der Waals surface area contributed by atoms with Crippen LogP contribution in [0.4, 0.5) is 0 Å². The number of rotatable bonds is 2. The molecule has 2 unspecified atom stereocenters. The summed E-state index contributed by atoms with van der Waals surface area (Å²) in [5.74, 6) is 0.267. The lowest BCUT2D eigenvalue weighted by molar-refractivity contribution is 0.0689. The van der Waals surface area contributed by atoms with Crippen LogP contribution < -0.4 is 0 Å². The second kappa shape index (κ2) is 4.37. The van der Waals surface area contributed by atoms with E-state index in [0.29, 0.717) is 11.7 Å². The number of carbonyl (C=O) groups is 1. The molecule has 86 valence electrons. The number of hydrogen-bond donors (Lipinski definition) is 1. The Hall–Kier alpha value is -1.16. The second-order valence-electron chi connectivity index (χ2n) is 4.25. The summed E-state index contributed by atoms with van der Waals surface area (Å²) in [5, 5.41) is 9.10. The Morgan fingerprint density at radius 2 is 2.25 bits per heavy atom. The molecule has 1 N–H and O–H groups in total. The molecule has 1 heterocycles. The van der Waals surface area contributed by atoms with Gasteiger partial charge in [-0.3, -0.25) is 0 Å². The molecule has 1 fully saturated rings. The van der Waals surface area contributed by atoms with Crippen LogP contribution in [0.25, 0.3) is 0 Å². The molecule has 0 aromatic carbocycles. The van der Waals surface area contributed by atoms with E-state index in [4.69, 9.17) is 16.7 Å². The van der Waals surface area contributed by atoms with Crippen molar-refractivity contribution in [3.8, 4) is 0 Å². The number of hydrogen-bond acceptors (Lipinski definition) is 3. The zero-order valence-electron chi connectivity index (χ0n) is 8.98. The number of aromatic nitrogens is 2. The van der Waals surface area contributed by atoms with Gasteiger partial charge in [0.1, 0.15) is 11.0 Å². The van der Waals surface area contributed by atoms with Gasteiger partial charge in [-0.25, -0.2) is 14.8 Å². The molecule has 1 aliphatic rings. The Bertz CT molecular complexity index is 422. The maximum absolute atomic E-state index is 10.9. The first kappa shape index (κ1) is 11.3. The first-order chi connectivity index (χ1) is 7.58. The molecule has 0 aliphatic heterocycles. The van der Waals surface area contributed by atoms with Gasteiger partial charge in [-0.05, 0) is 18.8 Å². The van der Waals surface area contributed by atoms with Crippen LogP contribution in [0.5, 0.6) is 0 Å². The zero-order valence-corrected chi connectivity index (χ0v) is 9.74. The maximum Gasteiger partial charge on any atom is 0.354 e. The number of halogens is 1. The van der Waals surface area contributed by atoms with Crippen molar-refractivity contribution in [2.45, 2.75) is 32.1 Å². The lowest BCUT2D eigenvalue weighted by atomic mass is 9.97. The first-order valence-corrected chi connectivity index (χ1v) is 5.73. The summed E-state index contributed by atoms with van der Waals surface area (Å²) < 4.78 is 0. The van der Waals surface area contributed by atoms with E-state index >= 15 is 0 Å². The molecule has 4 nitrogen and oxygen atoms in total. The summed E-state index contributed by atoms with van der Waals surface area (Å²) >= 11 is 5.81. The van der Waals surface area contributed by atoms with Crippen molar-refractivity contribution < 1.29 is 9.90 Å². The van der Waals surface area contributed by atoms with Gasteiger partial charge >= 0.3 is 5.97 Å². The van der Waals surface area contributed by atoms with Crippen LogP contribution in [0.1, 0.15) is 48.4 Å². The topological polar surface area (TPSA) is 63.1 Å². The summed E-state index contributed by atoms with van der Waals surface area (Å²) in [6.45, 7) is 2.14. The Kier molecular flexibility index (Phi) is 3.10. The van der Waals surface area contributed by atoms with Crippen LogP contribution in [0.3, 0.4) is 0 Å². The summed E-state index contributed by atoms with van der Waals surface area (Å²) in [5.41, 5.74) is -0.0194. The fourth-order valence-corrected chi connectivity index (χ4v) is 2.43. The predicted octanol–water partition coefficient (Wildman–Crippen LogP) is 2.73. The average molecular weight is 241 g/mol. The molecular weight excluding hydrogens is 228 g/mol. The number of nitrogens with zero attached hydrogens (tertiary/aromatic N) is 2. The normalized spacial score (nSPS) is 24.6. The van der Waals surface area contributed by atoms with E-state index < -0.39 is 5.97 Å². The monoisotopic (exact) mass is 240 g/mol. The van der Waals surface area contributed by atoms with Crippen LogP contribution in [0.2, 0.25) is 5.15 Å². The van der Waals surface area contributed by atoms with Gasteiger partial charge in [-0.2, -0.15) is 0 Å². The van der Waals surface area contributed by atoms with E-state index in [9.17, 15) is 4.79 Å². The Labute approximate surface area is 98.7 Å². The van der Waals surface area contributed by atoms with Gasteiger partial charge in [0, 0.05) is 12.0 Å². The van der Waals surface area contributed by atoms with Crippen molar-refractivity contribution in [3.05, 3.63) is 22.7 Å². The molecule has 0 radical (unpaired) electrons. The highest BCUT2D eigenvalue weighted by atomic mass is 35.5. The maximum atomic E-state index is 10.9. The van der Waals surface area contributed by atoms with E-state index in [1.54, 1.807) is 0 Å². The van der Waals surface area contributed by atoms with Crippen molar-refractivity contribution in [1.29, 1.82) is 0 Å². The highest BCUT2D eigenvalue weighted by molar-refractivity contribution is 6.29. The molecule has 1 aliphatic carbocycles. The molecule has 1 saturated carbocycles. The minimum Gasteiger partial charge on any atom is -0.477 e. The number of carboxylic acid groups (broad SMARTS) is 1. The second-order valence-corrected chi connectivity index (χ2v) is 4.64. The summed E-state index contributed by atoms with van der Waals surface area (Å²) in [4.78, 5) is 19.1. The third kappa shape index (κ3) is 2.16. The molecular formula is C11H13ClN2O2. The fourth-order valence-electron chi connectivity index (χ4n) is 2.24. The molecule has 1 aromatic rings. The van der Waals surface area contributed by atoms with Gasteiger partial charge < -0.3 is 5.11 Å². The number of carboxylic acids is 1. The van der Waals surface area contributed by atoms with E-state index in [0.717, 1.165) is 19.3 Å². The molecule has 0 bridgehead atoms. The van der Waals surface area contributed by atoms with Crippen molar-refractivity contribution in [2.75, 3.05) is 0 Å². The lowest BCUT2D eigenvalue weighted by Crippen LogP contribution is -2.11. The Balaban J connectivity index is 2.37. The molecule has 16 heavy (non-hydrogen) atoms. The van der Waals surface area contributed by atoms with Gasteiger partial charge in [-0.1, -0.05) is 24.9 Å². The molecule has 0 amide bonds. The predicted molar refractivity (Wildman–Crippen MR) is 59.8 cm³/mol. The van der Waals surface area contributed by atoms with Gasteiger partial charge in [-0.15, -0.1) is 0 Å². The molecule has 1 aromatic heterocycles. The highest BCUT2D eigenvalue weighted by Gasteiger charge is 2.28. The quantitative estimate of drug-likeness (QED) is 0.808. The third-order valence-electron chi connectivity index (χ3n) is 3.12. The van der Waals surface area contributed by atoms with E-state index in [1.807, 2.05) is 0 Å². The first-order valence-electron chi connectivity index (χ1n) is 5.35. The van der Waals surface area contributed by atoms with Crippen LogP contribution in [0.15, 0.2) is 6.07 Å². The molecule has 5 heteroatoms. The lowest BCUT2D eigenvalue weighted by Gasteiger charge is -2.13. The van der Waals surface area contributed by atoms with Crippen LogP contribution in [-0.4, -0.2) is 21.0 Å². The van der Waals surface area contributed by atoms with E-state index in [2.05, 4.69) is 16.9 Å². The van der Waals surface area contributed by atoms with Crippen LogP contribution >= 0.6 is 11.6 Å². The SMILES string of the molecule is CC1CCCC1c1nc(Cl)cc(C(=O)O)n1. The van der Waals surface area contributed by atoms with Gasteiger partial charge in [0.25, 0.3) is 0 Å². The smallest absolute Gasteiger partial charge is 0.354 e. The minimum atomic E-state index is -1.06. The summed E-state index contributed by atoms with van der Waals surface area (Å²) in [6, 6.07) is 1.28. The molecule has 0 spiro atoms. The van der Waals surface area contributed by atoms with Gasteiger partial charge in [0.2, 0.25) is 0 Å². The zero-order chi connectivity index (χ0) is 11.7. The van der Waals surface area contributed by atoms with Crippen LogP contribution in [-0.2, 0) is 0 Å². The van der Waals surface area contributed by atoms with Crippen molar-refractivity contribution in [2.24, 2.45) is 5.92 Å². The van der Waals surface area contributed by atoms with Crippen LogP contribution in [0, 0.1) is 5.92 Å². The minimum absolute atomic E-state index is 0.0194. The van der Waals surface area contributed by atoms with E-state index in [-0.39, 0.29) is 16.8 Å². The van der Waals surface area contributed by atoms with Gasteiger partial charge in [0.05, 0.1) is 0 Å². The average Bonchev–Trinajstić information content (AvgIpc) is 2.63. The molecule has 2 atom stereocenters. The van der Waals surface area contributed by atoms with Crippen molar-refractivity contribution in [3.63, 3.8) is 0 Å². The summed E-state index contributed by atoms with van der Waals surface area (Å²) in [7, 11) is 0. The largest absolute Gasteiger partial charge is 0.477 e.